The van der Waals surface area contributed by atoms with Gasteiger partial charge in [0.15, 0.2) is 0 Å². The van der Waals surface area contributed by atoms with E-state index in [9.17, 15) is 0 Å². The number of ether oxygens (including phenoxy) is 1. The van der Waals surface area contributed by atoms with Crippen LogP contribution in [0.3, 0.4) is 0 Å². The highest BCUT2D eigenvalue weighted by molar-refractivity contribution is 6.31. The predicted molar refractivity (Wildman–Crippen MR) is 71.6 cm³/mol. The third-order valence-electron chi connectivity index (χ3n) is 3.61. The number of hydrogen-bond donors (Lipinski definition) is 1. The van der Waals surface area contributed by atoms with E-state index in [2.05, 4.69) is 19.2 Å². The number of hydrogen-bond acceptors (Lipinski definition) is 2. The molecule has 3 heteroatoms. The maximum atomic E-state index is 6.21. The molecule has 1 aliphatic carbocycles. The molecule has 0 unspecified atom stereocenters. The lowest BCUT2D eigenvalue weighted by molar-refractivity contribution is 0.334. The second-order valence-electron chi connectivity index (χ2n) is 5.27. The summed E-state index contributed by atoms with van der Waals surface area (Å²) in [5, 5.41) is 4.36. The van der Waals surface area contributed by atoms with Crippen molar-refractivity contribution in [3.63, 3.8) is 0 Å². The highest BCUT2D eigenvalue weighted by Crippen LogP contribution is 2.39. The van der Waals surface area contributed by atoms with Crippen LogP contribution in [0.5, 0.6) is 5.75 Å². The van der Waals surface area contributed by atoms with Gasteiger partial charge in [0.05, 0.1) is 7.11 Å². The largest absolute Gasteiger partial charge is 0.496 e. The maximum Gasteiger partial charge on any atom is 0.124 e. The molecule has 2 rings (SSSR count). The van der Waals surface area contributed by atoms with Gasteiger partial charge in [-0.3, -0.25) is 0 Å². The minimum Gasteiger partial charge on any atom is -0.496 e. The zero-order valence-electron chi connectivity index (χ0n) is 10.7. The van der Waals surface area contributed by atoms with Gasteiger partial charge in [-0.25, -0.2) is 0 Å². The molecule has 1 aliphatic rings. The van der Waals surface area contributed by atoms with Crippen molar-refractivity contribution >= 4 is 11.6 Å². The molecule has 0 aromatic heterocycles. The van der Waals surface area contributed by atoms with Crippen LogP contribution >= 0.6 is 11.6 Å². The molecule has 0 radical (unpaired) electrons. The van der Waals surface area contributed by atoms with E-state index < -0.39 is 0 Å². The Labute approximate surface area is 108 Å². The fourth-order valence-corrected chi connectivity index (χ4v) is 2.40. The lowest BCUT2D eigenvalue weighted by Crippen LogP contribution is -2.40. The van der Waals surface area contributed by atoms with Crippen LogP contribution < -0.4 is 10.1 Å². The Morgan fingerprint density at radius 3 is 2.71 bits per heavy atom. The summed E-state index contributed by atoms with van der Waals surface area (Å²) >= 11 is 6.21. The fraction of sp³-hybridized carbons (Fsp3) is 0.571. The van der Waals surface area contributed by atoms with Crippen molar-refractivity contribution < 1.29 is 4.74 Å². The molecule has 0 bridgehead atoms. The lowest BCUT2D eigenvalue weighted by Gasteiger charge is -2.27. The molecule has 1 fully saturated rings. The molecule has 17 heavy (non-hydrogen) atoms. The van der Waals surface area contributed by atoms with Gasteiger partial charge < -0.3 is 10.1 Å². The predicted octanol–water partition coefficient (Wildman–Crippen LogP) is 3.63. The summed E-state index contributed by atoms with van der Waals surface area (Å²) in [5.41, 5.74) is 1.23. The highest BCUT2D eigenvalue weighted by Gasteiger charge is 2.37. The first-order chi connectivity index (χ1) is 8.04. The molecular weight excluding hydrogens is 234 g/mol. The minimum absolute atomic E-state index is 0.185. The second-order valence-corrected chi connectivity index (χ2v) is 5.68. The van der Waals surface area contributed by atoms with E-state index >= 15 is 0 Å². The molecule has 0 saturated heterocycles. The molecule has 0 heterocycles. The monoisotopic (exact) mass is 253 g/mol. The van der Waals surface area contributed by atoms with Crippen LogP contribution in [0.1, 0.15) is 32.3 Å². The van der Waals surface area contributed by atoms with E-state index in [-0.39, 0.29) is 5.54 Å². The van der Waals surface area contributed by atoms with Crippen LogP contribution in [0, 0.1) is 5.92 Å². The minimum atomic E-state index is 0.185. The molecule has 2 nitrogen and oxygen atoms in total. The van der Waals surface area contributed by atoms with Crippen LogP contribution in [0.15, 0.2) is 18.2 Å². The van der Waals surface area contributed by atoms with Gasteiger partial charge >= 0.3 is 0 Å². The van der Waals surface area contributed by atoms with Gasteiger partial charge in [-0.15, -0.1) is 0 Å². The van der Waals surface area contributed by atoms with Gasteiger partial charge in [0.25, 0.3) is 0 Å². The van der Waals surface area contributed by atoms with Crippen molar-refractivity contribution in [2.24, 2.45) is 5.92 Å². The summed E-state index contributed by atoms with van der Waals surface area (Å²) in [6.45, 7) is 5.27. The summed E-state index contributed by atoms with van der Waals surface area (Å²) in [4.78, 5) is 0. The first-order valence-corrected chi connectivity index (χ1v) is 6.49. The number of rotatable bonds is 5. The molecule has 0 atom stereocenters. The highest BCUT2D eigenvalue weighted by atomic mass is 35.5. The molecule has 1 aromatic carbocycles. The van der Waals surface area contributed by atoms with Crippen LogP contribution in [-0.2, 0) is 6.54 Å². The Morgan fingerprint density at radius 2 is 2.12 bits per heavy atom. The Kier molecular flexibility index (Phi) is 3.64. The Bertz CT molecular complexity index is 399. The van der Waals surface area contributed by atoms with E-state index in [1.807, 2.05) is 18.2 Å². The number of methoxy groups -OCH3 is 1. The van der Waals surface area contributed by atoms with E-state index in [1.165, 1.54) is 12.8 Å². The molecule has 0 spiro atoms. The lowest BCUT2D eigenvalue weighted by atomic mass is 9.98. The maximum absolute atomic E-state index is 6.21. The first-order valence-electron chi connectivity index (χ1n) is 6.11. The molecule has 1 saturated carbocycles. The van der Waals surface area contributed by atoms with Crippen molar-refractivity contribution in [1.82, 2.24) is 5.32 Å². The van der Waals surface area contributed by atoms with Crippen LogP contribution in [-0.4, -0.2) is 12.6 Å². The number of benzene rings is 1. The summed E-state index contributed by atoms with van der Waals surface area (Å²) in [6, 6.07) is 5.77. The second kappa shape index (κ2) is 4.87. The van der Waals surface area contributed by atoms with Gasteiger partial charge in [-0.1, -0.05) is 17.7 Å². The average Bonchev–Trinajstić information content (AvgIpc) is 3.11. The third kappa shape index (κ3) is 2.93. The topological polar surface area (TPSA) is 21.3 Å². The third-order valence-corrected chi connectivity index (χ3v) is 3.97. The average molecular weight is 254 g/mol. The van der Waals surface area contributed by atoms with E-state index in [0.29, 0.717) is 0 Å². The quantitative estimate of drug-likeness (QED) is 0.865. The zero-order chi connectivity index (χ0) is 12.5. The van der Waals surface area contributed by atoms with Gasteiger partial charge in [0.2, 0.25) is 0 Å². The Morgan fingerprint density at radius 1 is 1.41 bits per heavy atom. The van der Waals surface area contributed by atoms with E-state index in [1.54, 1.807) is 7.11 Å². The van der Waals surface area contributed by atoms with Crippen molar-refractivity contribution in [3.05, 3.63) is 28.8 Å². The van der Waals surface area contributed by atoms with Gasteiger partial charge in [0.1, 0.15) is 5.75 Å². The number of halogens is 1. The smallest absolute Gasteiger partial charge is 0.124 e. The summed E-state index contributed by atoms with van der Waals surface area (Å²) in [7, 11) is 1.68. The van der Waals surface area contributed by atoms with Crippen molar-refractivity contribution in [3.8, 4) is 5.75 Å². The zero-order valence-corrected chi connectivity index (χ0v) is 11.5. The molecule has 1 N–H and O–H groups in total. The van der Waals surface area contributed by atoms with E-state index in [0.717, 1.165) is 28.8 Å². The molecule has 1 aromatic rings. The first kappa shape index (κ1) is 12.7. The molecule has 94 valence electrons. The van der Waals surface area contributed by atoms with Gasteiger partial charge in [-0.05, 0) is 44.7 Å². The van der Waals surface area contributed by atoms with Gasteiger partial charge in [0, 0.05) is 22.7 Å². The van der Waals surface area contributed by atoms with Crippen LogP contribution in [0.25, 0.3) is 0 Å². The Balaban J connectivity index is 2.07. The number of nitrogens with one attached hydrogen (secondary N) is 1. The SMILES string of the molecule is COc1cccc(Cl)c1CNC(C)(C)C1CC1. The van der Waals surface area contributed by atoms with Crippen molar-refractivity contribution in [1.29, 1.82) is 0 Å². The van der Waals surface area contributed by atoms with Crippen molar-refractivity contribution in [2.75, 3.05) is 7.11 Å². The molecular formula is C14H20ClNO. The van der Waals surface area contributed by atoms with Crippen LogP contribution in [0.4, 0.5) is 0 Å². The van der Waals surface area contributed by atoms with Gasteiger partial charge in [-0.2, -0.15) is 0 Å². The standard InChI is InChI=1S/C14H20ClNO/c1-14(2,10-7-8-10)16-9-11-12(15)5-4-6-13(11)17-3/h4-6,10,16H,7-9H2,1-3H3. The summed E-state index contributed by atoms with van der Waals surface area (Å²) < 4.78 is 5.34. The molecule has 0 aliphatic heterocycles. The summed E-state index contributed by atoms with van der Waals surface area (Å²) in [5.74, 6) is 1.66. The van der Waals surface area contributed by atoms with Crippen molar-refractivity contribution in [2.45, 2.75) is 38.8 Å². The summed E-state index contributed by atoms with van der Waals surface area (Å²) in [6.07, 6.45) is 2.67. The molecule has 0 amide bonds. The van der Waals surface area contributed by atoms with Crippen LogP contribution in [0.2, 0.25) is 5.02 Å². The van der Waals surface area contributed by atoms with E-state index in [4.69, 9.17) is 16.3 Å². The fourth-order valence-electron chi connectivity index (χ4n) is 2.17. The normalized spacial score (nSPS) is 16.0. The Hall–Kier alpha value is -0.730.